The van der Waals surface area contributed by atoms with Crippen LogP contribution in [0.4, 0.5) is 5.69 Å². The van der Waals surface area contributed by atoms with Gasteiger partial charge in [-0.2, -0.15) is 0 Å². The fourth-order valence-corrected chi connectivity index (χ4v) is 3.85. The van der Waals surface area contributed by atoms with E-state index in [0.717, 1.165) is 22.5 Å². The van der Waals surface area contributed by atoms with E-state index in [-0.39, 0.29) is 23.7 Å². The molecule has 2 aromatic rings. The van der Waals surface area contributed by atoms with Gasteiger partial charge in [-0.3, -0.25) is 9.59 Å². The van der Waals surface area contributed by atoms with Crippen LogP contribution in [0.25, 0.3) is 0 Å². The molecule has 6 heteroatoms. The number of nitrogens with one attached hydrogen (secondary N) is 1. The molecule has 0 aromatic heterocycles. The average molecular weight is 421 g/mol. The van der Waals surface area contributed by atoms with Gasteiger partial charge in [0, 0.05) is 35.5 Å². The molecule has 0 aliphatic carbocycles. The van der Waals surface area contributed by atoms with Crippen LogP contribution >= 0.6 is 0 Å². The van der Waals surface area contributed by atoms with E-state index in [0.29, 0.717) is 5.56 Å². The number of ether oxygens (including phenoxy) is 1. The van der Waals surface area contributed by atoms with E-state index in [4.69, 9.17) is 4.74 Å². The predicted molar refractivity (Wildman–Crippen MR) is 120 cm³/mol. The molecule has 0 radical (unpaired) electrons. The van der Waals surface area contributed by atoms with E-state index in [2.05, 4.69) is 25.2 Å². The number of hydrogen-bond donors (Lipinski definition) is 1. The van der Waals surface area contributed by atoms with Crippen molar-refractivity contribution in [1.29, 1.82) is 0 Å². The molecule has 0 spiro atoms. The lowest BCUT2D eigenvalue weighted by molar-refractivity contribution is -0.148. The molecule has 1 N–H and O–H groups in total. The number of amides is 1. The van der Waals surface area contributed by atoms with Gasteiger partial charge in [-0.25, -0.2) is 4.79 Å². The Morgan fingerprint density at radius 3 is 2.52 bits per heavy atom. The Kier molecular flexibility index (Phi) is 6.29. The molecule has 162 valence electrons. The number of esters is 1. The fourth-order valence-electron chi connectivity index (χ4n) is 3.85. The van der Waals surface area contributed by atoms with Gasteiger partial charge in [-0.15, -0.1) is 0 Å². The monoisotopic (exact) mass is 420 g/mol. The topological polar surface area (TPSA) is 75.7 Å². The number of fused-ring (bicyclic) bond motifs is 1. The van der Waals surface area contributed by atoms with Gasteiger partial charge in [0.1, 0.15) is 6.04 Å². The van der Waals surface area contributed by atoms with Gasteiger partial charge in [-0.05, 0) is 37.6 Å². The number of benzene rings is 2. The molecule has 31 heavy (non-hydrogen) atoms. The first-order valence-electron chi connectivity index (χ1n) is 10.2. The number of rotatable bonds is 6. The number of nitrogens with zero attached hydrogens (tertiary/aromatic N) is 1. The molecule has 0 bridgehead atoms. The first kappa shape index (κ1) is 22.3. The number of hydrogen-bond acceptors (Lipinski definition) is 5. The van der Waals surface area contributed by atoms with Gasteiger partial charge >= 0.3 is 5.97 Å². The molecule has 0 saturated carbocycles. The molecule has 2 aromatic carbocycles. The van der Waals surface area contributed by atoms with Gasteiger partial charge in [0.25, 0.3) is 5.91 Å². The van der Waals surface area contributed by atoms with Crippen molar-refractivity contribution in [2.75, 3.05) is 18.6 Å². The lowest BCUT2D eigenvalue weighted by atomic mass is 9.83. The van der Waals surface area contributed by atoms with Gasteiger partial charge < -0.3 is 15.0 Å². The van der Waals surface area contributed by atoms with E-state index >= 15 is 0 Å². The summed E-state index contributed by atoms with van der Waals surface area (Å²) in [7, 11) is 1.92. The summed E-state index contributed by atoms with van der Waals surface area (Å²) in [5.74, 6) is -1.34. The SMILES string of the molecule is Cc1cccc(C(=O)NC(C)C(=O)OCC(=O)/C=C2/N(C)c3ccccc3C2(C)C)c1. The van der Waals surface area contributed by atoms with E-state index < -0.39 is 12.0 Å². The van der Waals surface area contributed by atoms with Crippen LogP contribution in [0.2, 0.25) is 0 Å². The van der Waals surface area contributed by atoms with E-state index in [1.54, 1.807) is 18.2 Å². The van der Waals surface area contributed by atoms with Crippen molar-refractivity contribution in [2.24, 2.45) is 0 Å². The highest BCUT2D eigenvalue weighted by molar-refractivity contribution is 5.98. The smallest absolute Gasteiger partial charge is 0.328 e. The lowest BCUT2D eigenvalue weighted by Crippen LogP contribution is -2.40. The largest absolute Gasteiger partial charge is 0.456 e. The predicted octanol–water partition coefficient (Wildman–Crippen LogP) is 3.54. The van der Waals surface area contributed by atoms with Gasteiger partial charge in [0.05, 0.1) is 0 Å². The Balaban J connectivity index is 1.59. The second kappa shape index (κ2) is 8.76. The van der Waals surface area contributed by atoms with Crippen LogP contribution in [0.5, 0.6) is 0 Å². The van der Waals surface area contributed by atoms with Crippen molar-refractivity contribution in [2.45, 2.75) is 39.2 Å². The molecule has 1 aliphatic heterocycles. The van der Waals surface area contributed by atoms with Crippen LogP contribution in [-0.4, -0.2) is 37.4 Å². The maximum Gasteiger partial charge on any atom is 0.328 e. The maximum atomic E-state index is 12.5. The van der Waals surface area contributed by atoms with Crippen LogP contribution < -0.4 is 10.2 Å². The van der Waals surface area contributed by atoms with Crippen LogP contribution in [0, 0.1) is 6.92 Å². The van der Waals surface area contributed by atoms with Crippen molar-refractivity contribution in [3.05, 3.63) is 77.0 Å². The number of allylic oxidation sites excluding steroid dienone is 1. The van der Waals surface area contributed by atoms with E-state index in [1.807, 2.05) is 43.1 Å². The van der Waals surface area contributed by atoms with Gasteiger partial charge in [0.2, 0.25) is 0 Å². The number of aryl methyl sites for hydroxylation is 1. The van der Waals surface area contributed by atoms with E-state index in [9.17, 15) is 14.4 Å². The zero-order valence-electron chi connectivity index (χ0n) is 18.6. The van der Waals surface area contributed by atoms with Crippen LogP contribution in [0.15, 0.2) is 60.3 Å². The molecule has 0 saturated heterocycles. The summed E-state index contributed by atoms with van der Waals surface area (Å²) in [5.41, 5.74) is 4.11. The Morgan fingerprint density at radius 2 is 1.84 bits per heavy atom. The summed E-state index contributed by atoms with van der Waals surface area (Å²) in [5, 5.41) is 2.60. The van der Waals surface area contributed by atoms with Crippen molar-refractivity contribution < 1.29 is 19.1 Å². The minimum Gasteiger partial charge on any atom is -0.456 e. The molecular weight excluding hydrogens is 392 g/mol. The summed E-state index contributed by atoms with van der Waals surface area (Å²) < 4.78 is 5.15. The average Bonchev–Trinajstić information content (AvgIpc) is 2.93. The third kappa shape index (κ3) is 4.68. The molecule has 1 heterocycles. The summed E-state index contributed by atoms with van der Waals surface area (Å²) in [4.78, 5) is 39.1. The quantitative estimate of drug-likeness (QED) is 0.572. The zero-order valence-corrected chi connectivity index (χ0v) is 18.6. The maximum absolute atomic E-state index is 12.5. The Bertz CT molecular complexity index is 1050. The number of likely N-dealkylation sites (N-methyl/N-ethyl adjacent to an activating group) is 1. The lowest BCUT2D eigenvalue weighted by Gasteiger charge is -2.24. The molecule has 3 rings (SSSR count). The van der Waals surface area contributed by atoms with Crippen molar-refractivity contribution >= 4 is 23.3 Å². The number of anilines is 1. The van der Waals surface area contributed by atoms with Crippen LogP contribution in [-0.2, 0) is 19.7 Å². The summed E-state index contributed by atoms with van der Waals surface area (Å²) >= 11 is 0. The molecule has 1 amide bonds. The summed E-state index contributed by atoms with van der Waals surface area (Å²) in [6, 6.07) is 14.2. The number of para-hydroxylation sites is 1. The second-order valence-electron chi connectivity index (χ2n) is 8.37. The molecule has 0 fully saturated rings. The Hall–Kier alpha value is -3.41. The molecule has 1 unspecified atom stereocenters. The van der Waals surface area contributed by atoms with Crippen molar-refractivity contribution in [1.82, 2.24) is 5.32 Å². The summed E-state index contributed by atoms with van der Waals surface area (Å²) in [6.45, 7) is 7.15. The second-order valence-corrected chi connectivity index (χ2v) is 8.37. The normalized spacial score (nSPS) is 16.5. The first-order chi connectivity index (χ1) is 14.6. The third-order valence-corrected chi connectivity index (χ3v) is 5.58. The fraction of sp³-hybridized carbons (Fsp3) is 0.320. The number of carbonyl (C=O) groups is 3. The summed E-state index contributed by atoms with van der Waals surface area (Å²) in [6.07, 6.45) is 1.53. The first-order valence-corrected chi connectivity index (χ1v) is 10.2. The van der Waals surface area contributed by atoms with Crippen LogP contribution in [0.3, 0.4) is 0 Å². The highest BCUT2D eigenvalue weighted by Gasteiger charge is 2.38. The van der Waals surface area contributed by atoms with Gasteiger partial charge in [0.15, 0.2) is 12.4 Å². The zero-order chi connectivity index (χ0) is 22.8. The highest BCUT2D eigenvalue weighted by Crippen LogP contribution is 2.46. The van der Waals surface area contributed by atoms with E-state index in [1.165, 1.54) is 13.0 Å². The highest BCUT2D eigenvalue weighted by atomic mass is 16.5. The van der Waals surface area contributed by atoms with Crippen molar-refractivity contribution in [3.63, 3.8) is 0 Å². The third-order valence-electron chi connectivity index (χ3n) is 5.58. The molecular formula is C25H28N2O4. The Morgan fingerprint density at radius 1 is 1.13 bits per heavy atom. The van der Waals surface area contributed by atoms with Gasteiger partial charge in [-0.1, -0.05) is 49.7 Å². The van der Waals surface area contributed by atoms with Crippen LogP contribution in [0.1, 0.15) is 42.3 Å². The molecule has 6 nitrogen and oxygen atoms in total. The Labute approximate surface area is 182 Å². The molecule has 1 atom stereocenters. The molecule has 1 aliphatic rings. The number of carbonyl (C=O) groups excluding carboxylic acids is 3. The minimum absolute atomic E-state index is 0.312. The minimum atomic E-state index is -0.872. The van der Waals surface area contributed by atoms with Crippen molar-refractivity contribution in [3.8, 4) is 0 Å². The standard InChI is InChI=1S/C25H28N2O4/c1-16-9-8-10-18(13-16)23(29)26-17(2)24(30)31-15-19(28)14-22-25(3,4)20-11-6-7-12-21(20)27(22)5/h6-14,17H,15H2,1-5H3,(H,26,29)/b22-14+. The number of ketones is 1.